The Morgan fingerprint density at radius 1 is 1.40 bits per heavy atom. The second kappa shape index (κ2) is 4.12. The number of likely N-dealkylation sites (tertiary alicyclic amines) is 1. The molecule has 0 amide bonds. The van der Waals surface area contributed by atoms with E-state index in [1.165, 1.54) is 5.56 Å². The lowest BCUT2D eigenvalue weighted by Crippen LogP contribution is -2.42. The quantitative estimate of drug-likeness (QED) is 0.828. The Kier molecular flexibility index (Phi) is 3.01. The molecule has 1 atom stereocenters. The Morgan fingerprint density at radius 2 is 2.13 bits per heavy atom. The fourth-order valence-corrected chi connectivity index (χ4v) is 2.73. The van der Waals surface area contributed by atoms with Gasteiger partial charge in [-0.1, -0.05) is 29.8 Å². The Balaban J connectivity index is 2.39. The summed E-state index contributed by atoms with van der Waals surface area (Å²) in [6.07, 6.45) is 1.11. The molecule has 1 saturated heterocycles. The standard InChI is InChI=1S/C12H17ClN2/c1-14-12(7-8-15(2)9-12)10-5-3-4-6-11(10)13/h3-6,14H,7-9H2,1-2H3. The van der Waals surface area contributed by atoms with Crippen molar-refractivity contribution in [3.8, 4) is 0 Å². The van der Waals surface area contributed by atoms with E-state index >= 15 is 0 Å². The summed E-state index contributed by atoms with van der Waals surface area (Å²) < 4.78 is 0. The van der Waals surface area contributed by atoms with E-state index in [-0.39, 0.29) is 5.54 Å². The van der Waals surface area contributed by atoms with Gasteiger partial charge in [-0.3, -0.25) is 0 Å². The molecule has 2 rings (SSSR count). The molecule has 1 heterocycles. The summed E-state index contributed by atoms with van der Waals surface area (Å²) in [5, 5.41) is 4.30. The molecule has 15 heavy (non-hydrogen) atoms. The van der Waals surface area contributed by atoms with Crippen molar-refractivity contribution in [2.75, 3.05) is 27.2 Å². The lowest BCUT2D eigenvalue weighted by atomic mass is 9.89. The van der Waals surface area contributed by atoms with Crippen molar-refractivity contribution in [3.05, 3.63) is 34.9 Å². The summed E-state index contributed by atoms with van der Waals surface area (Å²) in [7, 11) is 4.17. The SMILES string of the molecule is CNC1(c2ccccc2Cl)CCN(C)C1. The normalized spacial score (nSPS) is 27.1. The van der Waals surface area contributed by atoms with Crippen LogP contribution in [0.4, 0.5) is 0 Å². The molecule has 1 aromatic rings. The summed E-state index contributed by atoms with van der Waals surface area (Å²) in [5.74, 6) is 0. The van der Waals surface area contributed by atoms with Crippen molar-refractivity contribution in [2.45, 2.75) is 12.0 Å². The maximum absolute atomic E-state index is 6.26. The third-order valence-corrected chi connectivity index (χ3v) is 3.66. The molecule has 82 valence electrons. The second-order valence-corrected chi connectivity index (χ2v) is 4.71. The Hall–Kier alpha value is -0.570. The summed E-state index contributed by atoms with van der Waals surface area (Å²) in [6.45, 7) is 2.14. The van der Waals surface area contributed by atoms with Gasteiger partial charge in [0.05, 0.1) is 5.54 Å². The van der Waals surface area contributed by atoms with Crippen LogP contribution in [0, 0.1) is 0 Å². The first-order chi connectivity index (χ1) is 7.18. The monoisotopic (exact) mass is 224 g/mol. The highest BCUT2D eigenvalue weighted by Crippen LogP contribution is 2.34. The van der Waals surface area contributed by atoms with Crippen molar-refractivity contribution < 1.29 is 0 Å². The van der Waals surface area contributed by atoms with E-state index in [0.717, 1.165) is 24.5 Å². The first kappa shape index (κ1) is 10.9. The van der Waals surface area contributed by atoms with Crippen molar-refractivity contribution in [2.24, 2.45) is 0 Å². The van der Waals surface area contributed by atoms with Crippen molar-refractivity contribution in [3.63, 3.8) is 0 Å². The Morgan fingerprint density at radius 3 is 2.67 bits per heavy atom. The fraction of sp³-hybridized carbons (Fsp3) is 0.500. The minimum absolute atomic E-state index is 0.0348. The van der Waals surface area contributed by atoms with Crippen LogP contribution >= 0.6 is 11.6 Å². The number of rotatable bonds is 2. The number of likely N-dealkylation sites (N-methyl/N-ethyl adjacent to an activating group) is 2. The van der Waals surface area contributed by atoms with Crippen molar-refractivity contribution >= 4 is 11.6 Å². The van der Waals surface area contributed by atoms with Crippen molar-refractivity contribution in [1.82, 2.24) is 10.2 Å². The number of hydrogen-bond donors (Lipinski definition) is 1. The van der Waals surface area contributed by atoms with Crippen molar-refractivity contribution in [1.29, 1.82) is 0 Å². The van der Waals surface area contributed by atoms with E-state index in [0.29, 0.717) is 0 Å². The van der Waals surface area contributed by atoms with Gasteiger partial charge < -0.3 is 10.2 Å². The van der Waals surface area contributed by atoms with Gasteiger partial charge in [0.25, 0.3) is 0 Å². The highest BCUT2D eigenvalue weighted by molar-refractivity contribution is 6.31. The van der Waals surface area contributed by atoms with Crippen LogP contribution in [-0.2, 0) is 5.54 Å². The molecule has 1 aliphatic heterocycles. The summed E-state index contributed by atoms with van der Waals surface area (Å²) in [6, 6.07) is 8.12. The fourth-order valence-electron chi connectivity index (χ4n) is 2.41. The molecule has 2 nitrogen and oxygen atoms in total. The van der Waals surface area contributed by atoms with E-state index in [2.05, 4.69) is 29.4 Å². The molecular weight excluding hydrogens is 208 g/mol. The van der Waals surface area contributed by atoms with Crippen LogP contribution in [0.3, 0.4) is 0 Å². The molecular formula is C12H17ClN2. The van der Waals surface area contributed by atoms with Crippen LogP contribution in [0.1, 0.15) is 12.0 Å². The maximum atomic E-state index is 6.26. The van der Waals surface area contributed by atoms with Gasteiger partial charge in [0.1, 0.15) is 0 Å². The predicted molar refractivity (Wildman–Crippen MR) is 64.3 cm³/mol. The topological polar surface area (TPSA) is 15.3 Å². The molecule has 0 aromatic heterocycles. The Labute approximate surface area is 96.2 Å². The minimum Gasteiger partial charge on any atom is -0.309 e. The second-order valence-electron chi connectivity index (χ2n) is 4.30. The van der Waals surface area contributed by atoms with Gasteiger partial charge in [0.15, 0.2) is 0 Å². The van der Waals surface area contributed by atoms with Gasteiger partial charge in [-0.25, -0.2) is 0 Å². The minimum atomic E-state index is 0.0348. The van der Waals surface area contributed by atoms with E-state index < -0.39 is 0 Å². The highest BCUT2D eigenvalue weighted by Gasteiger charge is 2.37. The summed E-state index contributed by atoms with van der Waals surface area (Å²) in [4.78, 5) is 2.33. The predicted octanol–water partition coefficient (Wildman–Crippen LogP) is 2.09. The van der Waals surface area contributed by atoms with Gasteiger partial charge in [-0.05, 0) is 32.1 Å². The zero-order valence-corrected chi connectivity index (χ0v) is 10.0. The lowest BCUT2D eigenvalue weighted by Gasteiger charge is -2.30. The molecule has 3 heteroatoms. The van der Waals surface area contributed by atoms with Gasteiger partial charge >= 0.3 is 0 Å². The first-order valence-electron chi connectivity index (χ1n) is 5.30. The molecule has 1 unspecified atom stereocenters. The molecule has 1 aromatic carbocycles. The number of nitrogens with zero attached hydrogens (tertiary/aromatic N) is 1. The zero-order valence-electron chi connectivity index (χ0n) is 9.26. The van der Waals surface area contributed by atoms with E-state index in [1.54, 1.807) is 0 Å². The van der Waals surface area contributed by atoms with Gasteiger partial charge in [-0.15, -0.1) is 0 Å². The van der Waals surface area contributed by atoms with Crippen LogP contribution in [-0.4, -0.2) is 32.1 Å². The molecule has 0 radical (unpaired) electrons. The largest absolute Gasteiger partial charge is 0.309 e. The summed E-state index contributed by atoms with van der Waals surface area (Å²) in [5.41, 5.74) is 1.26. The van der Waals surface area contributed by atoms with Crippen LogP contribution in [0.15, 0.2) is 24.3 Å². The van der Waals surface area contributed by atoms with E-state index in [9.17, 15) is 0 Å². The molecule has 0 saturated carbocycles. The highest BCUT2D eigenvalue weighted by atomic mass is 35.5. The van der Waals surface area contributed by atoms with Crippen LogP contribution in [0.2, 0.25) is 5.02 Å². The zero-order chi connectivity index (χ0) is 10.9. The van der Waals surface area contributed by atoms with Gasteiger partial charge in [0.2, 0.25) is 0 Å². The lowest BCUT2D eigenvalue weighted by molar-refractivity contribution is 0.334. The Bertz CT molecular complexity index is 353. The number of nitrogens with one attached hydrogen (secondary N) is 1. The third kappa shape index (κ3) is 1.89. The molecule has 0 spiro atoms. The molecule has 0 bridgehead atoms. The average molecular weight is 225 g/mol. The van der Waals surface area contributed by atoms with Crippen LogP contribution in [0.5, 0.6) is 0 Å². The average Bonchev–Trinajstić information content (AvgIpc) is 2.62. The van der Waals surface area contributed by atoms with Gasteiger partial charge in [0, 0.05) is 18.1 Å². The third-order valence-electron chi connectivity index (χ3n) is 3.33. The maximum Gasteiger partial charge on any atom is 0.0587 e. The molecule has 1 N–H and O–H groups in total. The van der Waals surface area contributed by atoms with Crippen LogP contribution in [0.25, 0.3) is 0 Å². The van der Waals surface area contributed by atoms with E-state index in [4.69, 9.17) is 11.6 Å². The number of hydrogen-bond acceptors (Lipinski definition) is 2. The van der Waals surface area contributed by atoms with Crippen LogP contribution < -0.4 is 5.32 Å². The molecule has 0 aliphatic carbocycles. The van der Waals surface area contributed by atoms with E-state index in [1.807, 2.05) is 19.2 Å². The molecule has 1 fully saturated rings. The smallest absolute Gasteiger partial charge is 0.0587 e. The number of benzene rings is 1. The first-order valence-corrected chi connectivity index (χ1v) is 5.68. The van der Waals surface area contributed by atoms with Gasteiger partial charge in [-0.2, -0.15) is 0 Å². The molecule has 1 aliphatic rings. The summed E-state index contributed by atoms with van der Waals surface area (Å²) >= 11 is 6.26. The number of halogens is 1.